The summed E-state index contributed by atoms with van der Waals surface area (Å²) in [6, 6.07) is 6.73. The van der Waals surface area contributed by atoms with E-state index in [-0.39, 0.29) is 17.5 Å². The first-order valence-corrected chi connectivity index (χ1v) is 6.83. The molecular weight excluding hydrogens is 243 g/mol. The Labute approximate surface area is 114 Å². The fourth-order valence-corrected chi connectivity index (χ4v) is 2.65. The molecule has 0 aromatic heterocycles. The van der Waals surface area contributed by atoms with Gasteiger partial charge in [0.05, 0.1) is 11.7 Å². The molecule has 1 aliphatic rings. The minimum atomic E-state index is -0.181. The molecule has 19 heavy (non-hydrogen) atoms. The van der Waals surface area contributed by atoms with Crippen molar-refractivity contribution in [3.05, 3.63) is 35.6 Å². The highest BCUT2D eigenvalue weighted by molar-refractivity contribution is 5.16. The van der Waals surface area contributed by atoms with Crippen LogP contribution in [0.5, 0.6) is 0 Å². The van der Waals surface area contributed by atoms with E-state index in [9.17, 15) is 4.39 Å². The van der Waals surface area contributed by atoms with Crippen LogP contribution in [0.15, 0.2) is 24.3 Å². The van der Waals surface area contributed by atoms with Gasteiger partial charge in [-0.3, -0.25) is 4.90 Å². The monoisotopic (exact) mass is 266 g/mol. The largest absolute Gasteiger partial charge is 0.368 e. The van der Waals surface area contributed by atoms with E-state index in [4.69, 9.17) is 10.5 Å². The van der Waals surface area contributed by atoms with Crippen molar-refractivity contribution in [3.63, 3.8) is 0 Å². The number of ether oxygens (including phenoxy) is 1. The number of nitrogens with two attached hydrogens (primary N) is 1. The lowest BCUT2D eigenvalue weighted by Gasteiger charge is -2.42. The quantitative estimate of drug-likeness (QED) is 0.903. The van der Waals surface area contributed by atoms with Gasteiger partial charge in [0.1, 0.15) is 5.82 Å². The molecule has 1 fully saturated rings. The number of benzene rings is 1. The first kappa shape index (κ1) is 14.4. The second kappa shape index (κ2) is 5.99. The van der Waals surface area contributed by atoms with Crippen molar-refractivity contribution in [3.8, 4) is 0 Å². The van der Waals surface area contributed by atoms with E-state index >= 15 is 0 Å². The minimum Gasteiger partial charge on any atom is -0.368 e. The van der Waals surface area contributed by atoms with Crippen molar-refractivity contribution in [1.82, 2.24) is 4.90 Å². The molecule has 1 saturated heterocycles. The molecule has 0 spiro atoms. The Bertz CT molecular complexity index is 405. The lowest BCUT2D eigenvalue weighted by atomic mass is 10.0. The van der Waals surface area contributed by atoms with Crippen LogP contribution in [0, 0.1) is 5.82 Å². The first-order chi connectivity index (χ1) is 8.98. The highest BCUT2D eigenvalue weighted by atomic mass is 19.1. The predicted octanol–water partition coefficient (Wildman–Crippen LogP) is 1.81. The molecule has 1 unspecified atom stereocenters. The Kier molecular flexibility index (Phi) is 4.55. The summed E-state index contributed by atoms with van der Waals surface area (Å²) in [7, 11) is 0. The molecule has 2 N–H and O–H groups in total. The van der Waals surface area contributed by atoms with Gasteiger partial charge in [-0.25, -0.2) is 4.39 Å². The summed E-state index contributed by atoms with van der Waals surface area (Å²) in [6.07, 6.45) is 1.03. The number of hydrogen-bond acceptors (Lipinski definition) is 3. The van der Waals surface area contributed by atoms with Crippen LogP contribution in [0.3, 0.4) is 0 Å². The lowest BCUT2D eigenvalue weighted by molar-refractivity contribution is -0.131. The number of halogens is 1. The number of hydrogen-bond donors (Lipinski definition) is 1. The van der Waals surface area contributed by atoms with Crippen molar-refractivity contribution in [2.75, 3.05) is 26.2 Å². The summed E-state index contributed by atoms with van der Waals surface area (Å²) in [6.45, 7) is 7.48. The minimum absolute atomic E-state index is 0.108. The molecule has 1 aromatic rings. The maximum absolute atomic E-state index is 12.8. The normalized spacial score (nSPS) is 23.5. The van der Waals surface area contributed by atoms with Crippen LogP contribution in [0.1, 0.15) is 19.4 Å². The average Bonchev–Trinajstić information content (AvgIpc) is 2.36. The first-order valence-electron chi connectivity index (χ1n) is 6.83. The van der Waals surface area contributed by atoms with Crippen molar-refractivity contribution in [1.29, 1.82) is 0 Å². The maximum atomic E-state index is 12.8. The number of morpholine rings is 1. The Hall–Kier alpha value is -0.970. The molecular formula is C15H23FN2O. The van der Waals surface area contributed by atoms with Crippen molar-refractivity contribution < 1.29 is 9.13 Å². The highest BCUT2D eigenvalue weighted by Crippen LogP contribution is 2.20. The Morgan fingerprint density at radius 3 is 2.68 bits per heavy atom. The van der Waals surface area contributed by atoms with Crippen LogP contribution >= 0.6 is 0 Å². The summed E-state index contributed by atoms with van der Waals surface area (Å²) in [5.41, 5.74) is 6.73. The van der Waals surface area contributed by atoms with Gasteiger partial charge in [0.25, 0.3) is 0 Å². The Morgan fingerprint density at radius 1 is 1.37 bits per heavy atom. The number of nitrogens with zero attached hydrogens (tertiary/aromatic N) is 1. The van der Waals surface area contributed by atoms with Gasteiger partial charge in [0, 0.05) is 26.2 Å². The molecule has 4 heteroatoms. The molecule has 0 aliphatic carbocycles. The summed E-state index contributed by atoms with van der Waals surface area (Å²) in [5, 5.41) is 0. The SMILES string of the molecule is CC1(C)CN(CCc2ccc(F)cc2)CC(CN)O1. The van der Waals surface area contributed by atoms with Gasteiger partial charge in [-0.1, -0.05) is 12.1 Å². The topological polar surface area (TPSA) is 38.5 Å². The van der Waals surface area contributed by atoms with Gasteiger partial charge in [-0.05, 0) is 38.0 Å². The summed E-state index contributed by atoms with van der Waals surface area (Å²) >= 11 is 0. The van der Waals surface area contributed by atoms with E-state index in [0.717, 1.165) is 31.6 Å². The molecule has 1 aliphatic heterocycles. The van der Waals surface area contributed by atoms with E-state index in [1.807, 2.05) is 12.1 Å². The molecule has 1 heterocycles. The zero-order valence-corrected chi connectivity index (χ0v) is 11.7. The summed E-state index contributed by atoms with van der Waals surface area (Å²) < 4.78 is 18.7. The maximum Gasteiger partial charge on any atom is 0.123 e. The standard InChI is InChI=1S/C15H23FN2O/c1-15(2)11-18(10-14(9-17)19-15)8-7-12-3-5-13(16)6-4-12/h3-6,14H,7-11,17H2,1-2H3. The molecule has 0 radical (unpaired) electrons. The fourth-order valence-electron chi connectivity index (χ4n) is 2.65. The van der Waals surface area contributed by atoms with E-state index < -0.39 is 0 Å². The Morgan fingerprint density at radius 2 is 2.05 bits per heavy atom. The fraction of sp³-hybridized carbons (Fsp3) is 0.600. The average molecular weight is 266 g/mol. The van der Waals surface area contributed by atoms with E-state index in [0.29, 0.717) is 6.54 Å². The predicted molar refractivity (Wildman–Crippen MR) is 74.6 cm³/mol. The molecule has 0 bridgehead atoms. The second-order valence-electron chi connectivity index (χ2n) is 5.85. The summed E-state index contributed by atoms with van der Waals surface area (Å²) in [4.78, 5) is 2.38. The van der Waals surface area contributed by atoms with Gasteiger partial charge in [0.2, 0.25) is 0 Å². The van der Waals surface area contributed by atoms with E-state index in [2.05, 4.69) is 18.7 Å². The second-order valence-corrected chi connectivity index (χ2v) is 5.85. The van der Waals surface area contributed by atoms with Crippen molar-refractivity contribution >= 4 is 0 Å². The van der Waals surface area contributed by atoms with E-state index in [1.54, 1.807) is 0 Å². The lowest BCUT2D eigenvalue weighted by Crippen LogP contribution is -2.55. The summed E-state index contributed by atoms with van der Waals surface area (Å²) in [5.74, 6) is -0.181. The molecule has 106 valence electrons. The molecule has 0 saturated carbocycles. The van der Waals surface area contributed by atoms with Crippen LogP contribution in [0.2, 0.25) is 0 Å². The molecule has 1 atom stereocenters. The number of rotatable bonds is 4. The Balaban J connectivity index is 1.89. The third-order valence-corrected chi connectivity index (χ3v) is 3.44. The van der Waals surface area contributed by atoms with Crippen LogP contribution in [-0.2, 0) is 11.2 Å². The van der Waals surface area contributed by atoms with Crippen LogP contribution in [0.4, 0.5) is 4.39 Å². The van der Waals surface area contributed by atoms with Gasteiger partial charge < -0.3 is 10.5 Å². The zero-order valence-electron chi connectivity index (χ0n) is 11.7. The molecule has 1 aromatic carbocycles. The van der Waals surface area contributed by atoms with Crippen molar-refractivity contribution in [2.24, 2.45) is 5.73 Å². The van der Waals surface area contributed by atoms with Gasteiger partial charge in [-0.2, -0.15) is 0 Å². The van der Waals surface area contributed by atoms with Gasteiger partial charge >= 0.3 is 0 Å². The third kappa shape index (κ3) is 4.27. The molecule has 3 nitrogen and oxygen atoms in total. The molecule has 2 rings (SSSR count). The zero-order chi connectivity index (χ0) is 13.9. The van der Waals surface area contributed by atoms with Crippen LogP contribution in [-0.4, -0.2) is 42.8 Å². The highest BCUT2D eigenvalue weighted by Gasteiger charge is 2.32. The van der Waals surface area contributed by atoms with Crippen LogP contribution in [0.25, 0.3) is 0 Å². The van der Waals surface area contributed by atoms with Crippen LogP contribution < -0.4 is 5.73 Å². The van der Waals surface area contributed by atoms with E-state index in [1.165, 1.54) is 12.1 Å². The smallest absolute Gasteiger partial charge is 0.123 e. The van der Waals surface area contributed by atoms with Crippen molar-refractivity contribution in [2.45, 2.75) is 32.0 Å². The van der Waals surface area contributed by atoms with Gasteiger partial charge in [-0.15, -0.1) is 0 Å². The van der Waals surface area contributed by atoms with Gasteiger partial charge in [0.15, 0.2) is 0 Å². The molecule has 0 amide bonds. The third-order valence-electron chi connectivity index (χ3n) is 3.44.